The number of ether oxygens (including phenoxy) is 1. The van der Waals surface area contributed by atoms with E-state index in [1.54, 1.807) is 11.7 Å². The predicted octanol–water partition coefficient (Wildman–Crippen LogP) is 2.29. The van der Waals surface area contributed by atoms with Gasteiger partial charge in [-0.3, -0.25) is 0 Å². The molecular formula is C20H24N4O4S2. The van der Waals surface area contributed by atoms with E-state index < -0.39 is 10.0 Å². The molecule has 1 aliphatic rings. The molecule has 4 rings (SSSR count). The van der Waals surface area contributed by atoms with E-state index in [2.05, 4.69) is 0 Å². The van der Waals surface area contributed by atoms with Crippen molar-refractivity contribution in [2.75, 3.05) is 26.5 Å². The Hall–Kier alpha value is -2.43. The molecule has 30 heavy (non-hydrogen) atoms. The Morgan fingerprint density at radius 2 is 1.97 bits per heavy atom. The second-order valence-electron chi connectivity index (χ2n) is 7.37. The van der Waals surface area contributed by atoms with Crippen LogP contribution in [0.5, 0.6) is 5.75 Å². The summed E-state index contributed by atoms with van der Waals surface area (Å²) in [5.41, 5.74) is 0.728. The maximum absolute atomic E-state index is 13.2. The molecule has 0 N–H and O–H groups in total. The highest BCUT2D eigenvalue weighted by atomic mass is 32.2. The third-order valence-electron chi connectivity index (χ3n) is 5.35. The standard InChI is InChI=1S/C20H24N4O4S2/c1-28-17-6-3-5-15(13-17)14-23-20(25)24(18-7-4-12-29-18)19(21-23)16-8-10-22(11-9-16)30(2,26)27/h3-7,12-13,16H,8-11,14H2,1-2H3. The fourth-order valence-corrected chi connectivity index (χ4v) is 5.39. The summed E-state index contributed by atoms with van der Waals surface area (Å²) in [5, 5.41) is 7.44. The second-order valence-corrected chi connectivity index (χ2v) is 10.3. The van der Waals surface area contributed by atoms with Gasteiger partial charge < -0.3 is 4.74 Å². The van der Waals surface area contributed by atoms with E-state index in [0.717, 1.165) is 16.3 Å². The first-order valence-corrected chi connectivity index (χ1v) is 12.4. The molecule has 0 saturated carbocycles. The molecule has 0 amide bonds. The van der Waals surface area contributed by atoms with Gasteiger partial charge in [0.15, 0.2) is 0 Å². The number of rotatable bonds is 6. The summed E-state index contributed by atoms with van der Waals surface area (Å²) in [6.45, 7) is 1.21. The fraction of sp³-hybridized carbons (Fsp3) is 0.400. The Balaban J connectivity index is 1.68. The van der Waals surface area contributed by atoms with Crippen LogP contribution in [-0.2, 0) is 16.6 Å². The minimum Gasteiger partial charge on any atom is -0.497 e. The summed E-state index contributed by atoms with van der Waals surface area (Å²) in [7, 11) is -1.60. The molecule has 3 heterocycles. The summed E-state index contributed by atoms with van der Waals surface area (Å²) < 4.78 is 33.6. The number of methoxy groups -OCH3 is 1. The van der Waals surface area contributed by atoms with Gasteiger partial charge >= 0.3 is 5.69 Å². The van der Waals surface area contributed by atoms with E-state index in [4.69, 9.17) is 9.84 Å². The highest BCUT2D eigenvalue weighted by molar-refractivity contribution is 7.88. The van der Waals surface area contributed by atoms with Crippen LogP contribution in [0.3, 0.4) is 0 Å². The molecule has 0 spiro atoms. The number of piperidine rings is 1. The Labute approximate surface area is 179 Å². The maximum atomic E-state index is 13.2. The zero-order valence-electron chi connectivity index (χ0n) is 16.9. The number of aromatic nitrogens is 3. The van der Waals surface area contributed by atoms with E-state index in [1.165, 1.54) is 26.6 Å². The molecule has 1 fully saturated rings. The van der Waals surface area contributed by atoms with E-state index in [-0.39, 0.29) is 11.6 Å². The van der Waals surface area contributed by atoms with Crippen molar-refractivity contribution in [3.63, 3.8) is 0 Å². The van der Waals surface area contributed by atoms with Crippen molar-refractivity contribution in [2.45, 2.75) is 25.3 Å². The van der Waals surface area contributed by atoms with Crippen LogP contribution in [0.25, 0.3) is 5.00 Å². The Morgan fingerprint density at radius 3 is 2.60 bits per heavy atom. The minimum atomic E-state index is -3.21. The lowest BCUT2D eigenvalue weighted by atomic mass is 9.97. The highest BCUT2D eigenvalue weighted by Gasteiger charge is 2.30. The Bertz CT molecular complexity index is 1170. The summed E-state index contributed by atoms with van der Waals surface area (Å²) in [5.74, 6) is 1.44. The number of nitrogens with zero attached hydrogens (tertiary/aromatic N) is 4. The molecule has 0 radical (unpaired) electrons. The molecule has 2 aromatic heterocycles. The minimum absolute atomic E-state index is 0.0179. The first-order chi connectivity index (χ1) is 14.4. The van der Waals surface area contributed by atoms with E-state index >= 15 is 0 Å². The first-order valence-electron chi connectivity index (χ1n) is 9.68. The SMILES string of the molecule is COc1cccc(Cn2nc(C3CCN(S(C)(=O)=O)CC3)n(-c3cccs3)c2=O)c1. The van der Waals surface area contributed by atoms with Crippen LogP contribution >= 0.6 is 11.3 Å². The van der Waals surface area contributed by atoms with Crippen LogP contribution in [0.2, 0.25) is 0 Å². The maximum Gasteiger partial charge on any atom is 0.351 e. The summed E-state index contributed by atoms with van der Waals surface area (Å²) in [6.07, 6.45) is 2.50. The van der Waals surface area contributed by atoms with Crippen LogP contribution in [0.4, 0.5) is 0 Å². The first kappa shape index (κ1) is 20.8. The molecule has 1 saturated heterocycles. The van der Waals surface area contributed by atoms with Crippen molar-refractivity contribution in [3.05, 3.63) is 63.7 Å². The lowest BCUT2D eigenvalue weighted by Crippen LogP contribution is -2.37. The molecule has 0 atom stereocenters. The normalized spacial score (nSPS) is 16.1. The van der Waals surface area contributed by atoms with Gasteiger partial charge in [-0.05, 0) is 48.1 Å². The number of sulfonamides is 1. The van der Waals surface area contributed by atoms with Crippen molar-refractivity contribution >= 4 is 21.4 Å². The molecular weight excluding hydrogens is 424 g/mol. The second kappa shape index (κ2) is 8.37. The quantitative estimate of drug-likeness (QED) is 0.578. The molecule has 1 aliphatic heterocycles. The van der Waals surface area contributed by atoms with Gasteiger partial charge in [-0.1, -0.05) is 12.1 Å². The monoisotopic (exact) mass is 448 g/mol. The van der Waals surface area contributed by atoms with E-state index in [9.17, 15) is 13.2 Å². The van der Waals surface area contributed by atoms with Gasteiger partial charge in [0.1, 0.15) is 16.6 Å². The van der Waals surface area contributed by atoms with Crippen molar-refractivity contribution in [1.82, 2.24) is 18.7 Å². The Morgan fingerprint density at radius 1 is 1.20 bits per heavy atom. The third kappa shape index (κ3) is 4.21. The average molecular weight is 449 g/mol. The van der Waals surface area contributed by atoms with Crippen molar-refractivity contribution in [2.24, 2.45) is 0 Å². The van der Waals surface area contributed by atoms with E-state index in [0.29, 0.717) is 38.3 Å². The number of hydrogen-bond acceptors (Lipinski definition) is 6. The number of benzene rings is 1. The molecule has 0 bridgehead atoms. The van der Waals surface area contributed by atoms with Gasteiger partial charge in [0, 0.05) is 19.0 Å². The van der Waals surface area contributed by atoms with Gasteiger partial charge in [0.05, 0.1) is 19.9 Å². The smallest absolute Gasteiger partial charge is 0.351 e. The van der Waals surface area contributed by atoms with Gasteiger partial charge in [0.25, 0.3) is 0 Å². The molecule has 3 aromatic rings. The topological polar surface area (TPSA) is 86.4 Å². The van der Waals surface area contributed by atoms with Crippen LogP contribution in [0, 0.1) is 0 Å². The van der Waals surface area contributed by atoms with Crippen LogP contribution in [0.1, 0.15) is 30.1 Å². The summed E-state index contributed by atoms with van der Waals surface area (Å²) in [6, 6.07) is 11.4. The van der Waals surface area contributed by atoms with Gasteiger partial charge in [-0.15, -0.1) is 11.3 Å². The zero-order chi connectivity index (χ0) is 21.3. The van der Waals surface area contributed by atoms with E-state index in [1.807, 2.05) is 41.8 Å². The largest absolute Gasteiger partial charge is 0.497 e. The van der Waals surface area contributed by atoms with Gasteiger partial charge in [-0.25, -0.2) is 26.8 Å². The average Bonchev–Trinajstić information content (AvgIpc) is 3.36. The molecule has 10 heteroatoms. The molecule has 8 nitrogen and oxygen atoms in total. The Kier molecular flexibility index (Phi) is 5.81. The zero-order valence-corrected chi connectivity index (χ0v) is 18.5. The summed E-state index contributed by atoms with van der Waals surface area (Å²) >= 11 is 1.48. The summed E-state index contributed by atoms with van der Waals surface area (Å²) in [4.78, 5) is 13.2. The molecule has 160 valence electrons. The lowest BCUT2D eigenvalue weighted by Gasteiger charge is -2.29. The lowest BCUT2D eigenvalue weighted by molar-refractivity contribution is 0.313. The van der Waals surface area contributed by atoms with Crippen LogP contribution in [0.15, 0.2) is 46.6 Å². The molecule has 0 unspecified atom stereocenters. The molecule has 1 aromatic carbocycles. The van der Waals surface area contributed by atoms with Gasteiger partial charge in [0.2, 0.25) is 10.0 Å². The molecule has 0 aliphatic carbocycles. The third-order valence-corrected chi connectivity index (χ3v) is 7.50. The van der Waals surface area contributed by atoms with Gasteiger partial charge in [-0.2, -0.15) is 5.10 Å². The number of thiophene rings is 1. The van der Waals surface area contributed by atoms with Crippen LogP contribution < -0.4 is 10.4 Å². The van der Waals surface area contributed by atoms with Crippen molar-refractivity contribution in [3.8, 4) is 10.8 Å². The van der Waals surface area contributed by atoms with Crippen molar-refractivity contribution < 1.29 is 13.2 Å². The highest BCUT2D eigenvalue weighted by Crippen LogP contribution is 2.29. The predicted molar refractivity (Wildman–Crippen MR) is 116 cm³/mol. The van der Waals surface area contributed by atoms with Crippen LogP contribution in [-0.4, -0.2) is 53.5 Å². The number of hydrogen-bond donors (Lipinski definition) is 0. The van der Waals surface area contributed by atoms with Crippen molar-refractivity contribution in [1.29, 1.82) is 0 Å². The fourth-order valence-electron chi connectivity index (χ4n) is 3.79.